The summed E-state index contributed by atoms with van der Waals surface area (Å²) in [5.74, 6) is 0. The van der Waals surface area contributed by atoms with Crippen LogP contribution in [0.25, 0.3) is 0 Å². The fourth-order valence-electron chi connectivity index (χ4n) is 0.609. The second kappa shape index (κ2) is 4.01. The van der Waals surface area contributed by atoms with Crippen molar-refractivity contribution in [2.24, 2.45) is 0 Å². The Labute approximate surface area is 78.7 Å². The highest BCUT2D eigenvalue weighted by Gasteiger charge is 2.06. The molecule has 2 N–H and O–H groups in total. The maximum Gasteiger partial charge on any atom is 0.221 e. The monoisotopic (exact) mass is 253 g/mol. The number of nitrogens with one attached hydrogen (secondary N) is 2. The van der Waals surface area contributed by atoms with Crippen LogP contribution in [0.15, 0.2) is 12.3 Å². The third-order valence-corrected chi connectivity index (χ3v) is 3.86. The maximum atomic E-state index is 10.9. The molecule has 0 unspecified atom stereocenters. The third kappa shape index (κ3) is 2.92. The first-order valence-electron chi connectivity index (χ1n) is 3.15. The Morgan fingerprint density at radius 1 is 1.67 bits per heavy atom. The number of aromatic nitrogens is 2. The minimum atomic E-state index is -3.18. The van der Waals surface area contributed by atoms with Gasteiger partial charge in [-0.3, -0.25) is 5.10 Å². The van der Waals surface area contributed by atoms with Crippen LogP contribution in [0.5, 0.6) is 0 Å². The summed E-state index contributed by atoms with van der Waals surface area (Å²) in [6.45, 7) is 0.244. The highest BCUT2D eigenvalue weighted by Crippen LogP contribution is 1.95. The lowest BCUT2D eigenvalue weighted by atomic mass is 10.4. The molecule has 0 aliphatic heterocycles. The van der Waals surface area contributed by atoms with Gasteiger partial charge in [-0.15, -0.1) is 0 Å². The van der Waals surface area contributed by atoms with Crippen LogP contribution in [-0.4, -0.2) is 23.3 Å². The van der Waals surface area contributed by atoms with Gasteiger partial charge in [-0.1, -0.05) is 15.9 Å². The molecule has 0 saturated carbocycles. The molecule has 0 radical (unpaired) electrons. The first-order chi connectivity index (χ1) is 5.64. The van der Waals surface area contributed by atoms with Crippen molar-refractivity contribution in [3.8, 4) is 0 Å². The number of aromatic amines is 1. The average Bonchev–Trinajstić information content (AvgIpc) is 2.53. The molecule has 0 bridgehead atoms. The number of nitrogens with zero attached hydrogens (tertiary/aromatic N) is 1. The second-order valence-corrected chi connectivity index (χ2v) is 5.24. The van der Waals surface area contributed by atoms with Gasteiger partial charge in [-0.2, -0.15) is 5.10 Å². The Bertz CT molecular complexity index is 320. The molecule has 7 heteroatoms. The van der Waals surface area contributed by atoms with Gasteiger partial charge >= 0.3 is 0 Å². The lowest BCUT2D eigenvalue weighted by molar-refractivity contribution is 0.585. The van der Waals surface area contributed by atoms with E-state index in [2.05, 4.69) is 30.8 Å². The molecule has 0 atom stereocenters. The van der Waals surface area contributed by atoms with E-state index in [4.69, 9.17) is 0 Å². The van der Waals surface area contributed by atoms with Crippen LogP contribution in [0.1, 0.15) is 5.69 Å². The van der Waals surface area contributed by atoms with Gasteiger partial charge < -0.3 is 0 Å². The van der Waals surface area contributed by atoms with Crippen molar-refractivity contribution in [2.75, 3.05) is 4.66 Å². The van der Waals surface area contributed by atoms with E-state index in [1.165, 1.54) is 0 Å². The van der Waals surface area contributed by atoms with E-state index in [1.54, 1.807) is 12.3 Å². The summed E-state index contributed by atoms with van der Waals surface area (Å²) >= 11 is 2.86. The molecule has 68 valence electrons. The largest absolute Gasteiger partial charge is 0.281 e. The quantitative estimate of drug-likeness (QED) is 0.753. The van der Waals surface area contributed by atoms with E-state index in [0.29, 0.717) is 0 Å². The number of rotatable bonds is 4. The Kier molecular flexibility index (Phi) is 3.24. The smallest absolute Gasteiger partial charge is 0.221 e. The molecular weight excluding hydrogens is 246 g/mol. The summed E-state index contributed by atoms with van der Waals surface area (Å²) < 4.78 is 24.1. The van der Waals surface area contributed by atoms with Gasteiger partial charge in [0, 0.05) is 6.20 Å². The zero-order valence-corrected chi connectivity index (χ0v) is 8.52. The van der Waals surface area contributed by atoms with Gasteiger partial charge in [-0.05, 0) is 6.07 Å². The fourth-order valence-corrected chi connectivity index (χ4v) is 1.55. The molecule has 5 nitrogen and oxygen atoms in total. The number of hydrogen-bond donors (Lipinski definition) is 2. The van der Waals surface area contributed by atoms with Crippen LogP contribution >= 0.6 is 15.9 Å². The molecule has 0 amide bonds. The highest BCUT2D eigenvalue weighted by atomic mass is 79.9. The van der Waals surface area contributed by atoms with Crippen LogP contribution in [0, 0.1) is 0 Å². The Morgan fingerprint density at radius 3 is 2.92 bits per heavy atom. The van der Waals surface area contributed by atoms with Crippen molar-refractivity contribution in [1.82, 2.24) is 14.9 Å². The lowest BCUT2D eigenvalue weighted by Crippen LogP contribution is -2.23. The van der Waals surface area contributed by atoms with E-state index < -0.39 is 10.0 Å². The SMILES string of the molecule is O=S(=O)(CBr)NCc1ccn[nH]1. The average molecular weight is 254 g/mol. The molecule has 1 rings (SSSR count). The number of halogens is 1. The van der Waals surface area contributed by atoms with Crippen LogP contribution in [0.2, 0.25) is 0 Å². The first kappa shape index (κ1) is 9.69. The van der Waals surface area contributed by atoms with Crippen LogP contribution in [-0.2, 0) is 16.6 Å². The van der Waals surface area contributed by atoms with E-state index in [9.17, 15) is 8.42 Å². The molecule has 1 heterocycles. The number of hydrogen-bond acceptors (Lipinski definition) is 3. The molecule has 0 fully saturated rings. The van der Waals surface area contributed by atoms with E-state index in [-0.39, 0.29) is 11.2 Å². The molecule has 0 aliphatic rings. The summed E-state index contributed by atoms with van der Waals surface area (Å²) in [7, 11) is -3.18. The van der Waals surface area contributed by atoms with Crippen molar-refractivity contribution < 1.29 is 8.42 Å². The molecule has 1 aromatic heterocycles. The van der Waals surface area contributed by atoms with Crippen molar-refractivity contribution in [3.63, 3.8) is 0 Å². The molecule has 0 aromatic carbocycles. The summed E-state index contributed by atoms with van der Waals surface area (Å²) in [5.41, 5.74) is 0.736. The van der Waals surface area contributed by atoms with Gasteiger partial charge in [0.2, 0.25) is 10.0 Å². The van der Waals surface area contributed by atoms with Crippen molar-refractivity contribution in [1.29, 1.82) is 0 Å². The zero-order valence-electron chi connectivity index (χ0n) is 6.12. The van der Waals surface area contributed by atoms with E-state index >= 15 is 0 Å². The molecule has 0 spiro atoms. The predicted octanol–water partition coefficient (Wildman–Crippen LogP) is 0.182. The molecule has 0 aliphatic carbocycles. The predicted molar refractivity (Wildman–Crippen MR) is 48.1 cm³/mol. The second-order valence-electron chi connectivity index (χ2n) is 2.13. The molecule has 12 heavy (non-hydrogen) atoms. The minimum Gasteiger partial charge on any atom is -0.281 e. The van der Waals surface area contributed by atoms with Gasteiger partial charge in [0.25, 0.3) is 0 Å². The highest BCUT2D eigenvalue weighted by molar-refractivity contribution is 9.10. The van der Waals surface area contributed by atoms with Gasteiger partial charge in [-0.25, -0.2) is 13.1 Å². The van der Waals surface area contributed by atoms with E-state index in [1.807, 2.05) is 0 Å². The summed E-state index contributed by atoms with van der Waals surface area (Å²) in [6, 6.07) is 1.71. The summed E-state index contributed by atoms with van der Waals surface area (Å²) in [6.07, 6.45) is 1.57. The van der Waals surface area contributed by atoms with Crippen molar-refractivity contribution in [2.45, 2.75) is 6.54 Å². The van der Waals surface area contributed by atoms with Crippen molar-refractivity contribution in [3.05, 3.63) is 18.0 Å². The lowest BCUT2D eigenvalue weighted by Gasteiger charge is -2.00. The standard InChI is InChI=1S/C5H8BrN3O2S/c6-4-12(10,11)8-3-5-1-2-7-9-5/h1-2,8H,3-4H2,(H,7,9). The minimum absolute atomic E-state index is 0.0891. The number of H-pyrrole nitrogens is 1. The van der Waals surface area contributed by atoms with Gasteiger partial charge in [0.1, 0.15) is 4.66 Å². The van der Waals surface area contributed by atoms with Gasteiger partial charge in [0.15, 0.2) is 0 Å². The van der Waals surface area contributed by atoms with Gasteiger partial charge in [0.05, 0.1) is 12.2 Å². The maximum absolute atomic E-state index is 10.9. The summed E-state index contributed by atoms with van der Waals surface area (Å²) in [5, 5.41) is 6.32. The molecular formula is C5H8BrN3O2S. The fraction of sp³-hybridized carbons (Fsp3) is 0.400. The molecule has 1 aromatic rings. The topological polar surface area (TPSA) is 74.8 Å². The van der Waals surface area contributed by atoms with Crippen LogP contribution in [0.4, 0.5) is 0 Å². The third-order valence-electron chi connectivity index (χ3n) is 1.18. The Morgan fingerprint density at radius 2 is 2.42 bits per heavy atom. The Balaban J connectivity index is 2.47. The zero-order chi connectivity index (χ0) is 9.03. The number of alkyl halides is 1. The number of sulfonamides is 1. The van der Waals surface area contributed by atoms with E-state index in [0.717, 1.165) is 5.69 Å². The Hall–Kier alpha value is -0.400. The normalized spacial score (nSPS) is 11.8. The van der Waals surface area contributed by atoms with Crippen LogP contribution in [0.3, 0.4) is 0 Å². The first-order valence-corrected chi connectivity index (χ1v) is 5.93. The summed E-state index contributed by atoms with van der Waals surface area (Å²) in [4.78, 5) is 0. The molecule has 0 saturated heterocycles. The van der Waals surface area contributed by atoms with Crippen LogP contribution < -0.4 is 4.72 Å². The van der Waals surface area contributed by atoms with Crippen molar-refractivity contribution >= 4 is 26.0 Å².